The number of primary amides is 1. The maximum absolute atomic E-state index is 11.5. The van der Waals surface area contributed by atoms with E-state index in [0.29, 0.717) is 0 Å². The largest absolute Gasteiger partial charge is 0.368 e. The van der Waals surface area contributed by atoms with Gasteiger partial charge >= 0.3 is 0 Å². The van der Waals surface area contributed by atoms with E-state index >= 15 is 0 Å². The molecular formula is C9H15N3O2. The highest BCUT2D eigenvalue weighted by Crippen LogP contribution is 2.05. The fraction of sp³-hybridized carbons (Fsp3) is 0.667. The molecular weight excluding hydrogens is 182 g/mol. The summed E-state index contributed by atoms with van der Waals surface area (Å²) in [6.07, 6.45) is 0. The first-order valence-corrected chi connectivity index (χ1v) is 4.38. The van der Waals surface area contributed by atoms with Crippen molar-refractivity contribution in [3.05, 3.63) is 0 Å². The third-order valence-corrected chi connectivity index (χ3v) is 1.80. The fourth-order valence-electron chi connectivity index (χ4n) is 0.987. The number of nitrogens with two attached hydrogens (primary N) is 1. The molecule has 0 heterocycles. The van der Waals surface area contributed by atoms with Crippen LogP contribution in [0.1, 0.15) is 20.8 Å². The number of carbonyl (C=O) groups excluding carboxylic acids is 2. The second-order valence-corrected chi connectivity index (χ2v) is 3.38. The lowest BCUT2D eigenvalue weighted by Gasteiger charge is -2.26. The molecule has 2 amide bonds. The highest BCUT2D eigenvalue weighted by atomic mass is 16.2. The van der Waals surface area contributed by atoms with Crippen LogP contribution in [0.15, 0.2) is 0 Å². The van der Waals surface area contributed by atoms with Crippen molar-refractivity contribution in [1.29, 1.82) is 5.26 Å². The minimum absolute atomic E-state index is 0.134. The van der Waals surface area contributed by atoms with E-state index in [1.54, 1.807) is 13.8 Å². The predicted octanol–water partition coefficient (Wildman–Crippen LogP) is -0.132. The van der Waals surface area contributed by atoms with Gasteiger partial charge in [-0.25, -0.2) is 0 Å². The Hall–Kier alpha value is -1.57. The van der Waals surface area contributed by atoms with Crippen molar-refractivity contribution in [1.82, 2.24) is 4.90 Å². The standard InChI is InChI=1S/C9H15N3O2/c1-6(2)12(5-8(11)13)9(14)7(3)4-10/h6-7H,5H2,1-3H3,(H2,11,13). The van der Waals surface area contributed by atoms with Gasteiger partial charge in [0.1, 0.15) is 5.92 Å². The van der Waals surface area contributed by atoms with E-state index < -0.39 is 11.8 Å². The number of amides is 2. The molecule has 0 radical (unpaired) electrons. The molecule has 0 aliphatic heterocycles. The van der Waals surface area contributed by atoms with Crippen molar-refractivity contribution < 1.29 is 9.59 Å². The van der Waals surface area contributed by atoms with Gasteiger partial charge in [-0.2, -0.15) is 5.26 Å². The molecule has 0 bridgehead atoms. The van der Waals surface area contributed by atoms with Crippen molar-refractivity contribution >= 4 is 11.8 Å². The maximum Gasteiger partial charge on any atom is 0.240 e. The zero-order chi connectivity index (χ0) is 11.3. The van der Waals surface area contributed by atoms with Gasteiger partial charge in [-0.1, -0.05) is 0 Å². The van der Waals surface area contributed by atoms with Crippen LogP contribution in [0.25, 0.3) is 0 Å². The molecule has 0 fully saturated rings. The number of rotatable bonds is 4. The van der Waals surface area contributed by atoms with E-state index in [4.69, 9.17) is 11.0 Å². The molecule has 0 saturated carbocycles. The zero-order valence-corrected chi connectivity index (χ0v) is 8.65. The molecule has 14 heavy (non-hydrogen) atoms. The Bertz CT molecular complexity index is 268. The molecule has 2 N–H and O–H groups in total. The van der Waals surface area contributed by atoms with Crippen LogP contribution < -0.4 is 5.73 Å². The van der Waals surface area contributed by atoms with Crippen LogP contribution in [0.2, 0.25) is 0 Å². The van der Waals surface area contributed by atoms with Gasteiger partial charge in [0.15, 0.2) is 0 Å². The molecule has 0 aliphatic rings. The van der Waals surface area contributed by atoms with Crippen LogP contribution in [0, 0.1) is 17.2 Å². The molecule has 78 valence electrons. The van der Waals surface area contributed by atoms with E-state index in [1.807, 2.05) is 6.07 Å². The summed E-state index contributed by atoms with van der Waals surface area (Å²) < 4.78 is 0. The summed E-state index contributed by atoms with van der Waals surface area (Å²) in [5.41, 5.74) is 4.99. The molecule has 0 saturated heterocycles. The van der Waals surface area contributed by atoms with Gasteiger partial charge in [-0.05, 0) is 20.8 Å². The summed E-state index contributed by atoms with van der Waals surface area (Å²) in [6, 6.07) is 1.70. The summed E-state index contributed by atoms with van der Waals surface area (Å²) in [5, 5.41) is 8.56. The van der Waals surface area contributed by atoms with Crippen molar-refractivity contribution in [2.45, 2.75) is 26.8 Å². The lowest BCUT2D eigenvalue weighted by atomic mass is 10.1. The highest BCUT2D eigenvalue weighted by molar-refractivity contribution is 5.86. The highest BCUT2D eigenvalue weighted by Gasteiger charge is 2.23. The Labute approximate surface area is 83.5 Å². The SMILES string of the molecule is CC(C#N)C(=O)N(CC(N)=O)C(C)C. The fourth-order valence-corrected chi connectivity index (χ4v) is 0.987. The Morgan fingerprint density at radius 2 is 1.93 bits per heavy atom. The third-order valence-electron chi connectivity index (χ3n) is 1.80. The third kappa shape index (κ3) is 3.44. The van der Waals surface area contributed by atoms with Gasteiger partial charge in [0.05, 0.1) is 12.6 Å². The molecule has 0 aromatic rings. The topological polar surface area (TPSA) is 87.2 Å². The molecule has 0 aromatic heterocycles. The van der Waals surface area contributed by atoms with Crippen molar-refractivity contribution in [2.75, 3.05) is 6.54 Å². The summed E-state index contributed by atoms with van der Waals surface area (Å²) >= 11 is 0. The molecule has 0 aromatic carbocycles. The second kappa shape index (κ2) is 5.22. The number of nitriles is 1. The molecule has 0 rings (SSSR count). The lowest BCUT2D eigenvalue weighted by Crippen LogP contribution is -2.44. The number of hydrogen-bond acceptors (Lipinski definition) is 3. The smallest absolute Gasteiger partial charge is 0.240 e. The normalized spacial score (nSPS) is 11.9. The van der Waals surface area contributed by atoms with E-state index in [0.717, 1.165) is 0 Å². The van der Waals surface area contributed by atoms with Crippen LogP contribution in [-0.2, 0) is 9.59 Å². The van der Waals surface area contributed by atoms with Crippen LogP contribution >= 0.6 is 0 Å². The second-order valence-electron chi connectivity index (χ2n) is 3.38. The van der Waals surface area contributed by atoms with Gasteiger partial charge < -0.3 is 10.6 Å². The monoisotopic (exact) mass is 197 g/mol. The molecule has 1 atom stereocenters. The maximum atomic E-state index is 11.5. The summed E-state index contributed by atoms with van der Waals surface area (Å²) in [4.78, 5) is 23.5. The number of hydrogen-bond donors (Lipinski definition) is 1. The van der Waals surface area contributed by atoms with Gasteiger partial charge in [0, 0.05) is 6.04 Å². The van der Waals surface area contributed by atoms with Crippen LogP contribution in [0.5, 0.6) is 0 Å². The molecule has 0 aliphatic carbocycles. The van der Waals surface area contributed by atoms with Gasteiger partial charge in [0.25, 0.3) is 0 Å². The van der Waals surface area contributed by atoms with Gasteiger partial charge in [-0.15, -0.1) is 0 Å². The summed E-state index contributed by atoms with van der Waals surface area (Å²) in [5.74, 6) is -1.67. The van der Waals surface area contributed by atoms with Gasteiger partial charge in [0.2, 0.25) is 11.8 Å². The lowest BCUT2D eigenvalue weighted by molar-refractivity contribution is -0.138. The Balaban J connectivity index is 4.59. The van der Waals surface area contributed by atoms with Crippen LogP contribution in [0.3, 0.4) is 0 Å². The average molecular weight is 197 g/mol. The van der Waals surface area contributed by atoms with Crippen LogP contribution in [0.4, 0.5) is 0 Å². The Morgan fingerprint density at radius 1 is 1.43 bits per heavy atom. The minimum atomic E-state index is -0.739. The Kier molecular flexibility index (Phi) is 4.64. The first kappa shape index (κ1) is 12.4. The summed E-state index contributed by atoms with van der Waals surface area (Å²) in [6.45, 7) is 4.90. The minimum Gasteiger partial charge on any atom is -0.368 e. The first-order valence-electron chi connectivity index (χ1n) is 4.38. The van der Waals surface area contributed by atoms with E-state index in [-0.39, 0.29) is 18.5 Å². The van der Waals surface area contributed by atoms with E-state index in [2.05, 4.69) is 0 Å². The van der Waals surface area contributed by atoms with Crippen LogP contribution in [-0.4, -0.2) is 29.3 Å². The molecule has 1 unspecified atom stereocenters. The number of nitrogens with zero attached hydrogens (tertiary/aromatic N) is 2. The summed E-state index contributed by atoms with van der Waals surface area (Å²) in [7, 11) is 0. The Morgan fingerprint density at radius 3 is 2.21 bits per heavy atom. The molecule has 5 nitrogen and oxygen atoms in total. The van der Waals surface area contributed by atoms with E-state index in [9.17, 15) is 9.59 Å². The van der Waals surface area contributed by atoms with Crippen molar-refractivity contribution in [2.24, 2.45) is 11.7 Å². The quantitative estimate of drug-likeness (QED) is 0.680. The zero-order valence-electron chi connectivity index (χ0n) is 8.65. The first-order chi connectivity index (χ1) is 6.40. The molecule has 5 heteroatoms. The number of carbonyl (C=O) groups is 2. The average Bonchev–Trinajstić information content (AvgIpc) is 2.11. The van der Waals surface area contributed by atoms with Gasteiger partial charge in [-0.3, -0.25) is 9.59 Å². The van der Waals surface area contributed by atoms with E-state index in [1.165, 1.54) is 11.8 Å². The molecule has 0 spiro atoms. The van der Waals surface area contributed by atoms with Crippen molar-refractivity contribution in [3.63, 3.8) is 0 Å². The predicted molar refractivity (Wildman–Crippen MR) is 50.8 cm³/mol. The van der Waals surface area contributed by atoms with Crippen molar-refractivity contribution in [3.8, 4) is 6.07 Å².